The highest BCUT2D eigenvalue weighted by Crippen LogP contribution is 2.49. The largest absolute Gasteiger partial charge is 0.490 e. The number of nitrogens with zero attached hydrogens (tertiary/aromatic N) is 2. The Morgan fingerprint density at radius 2 is 1.75 bits per heavy atom. The first kappa shape index (κ1) is 35.9. The Morgan fingerprint density at radius 3 is 2.49 bits per heavy atom. The molecular formula is C39H51Cl2N3O6S. The number of hydrogen-bond donors (Lipinski definition) is 1. The lowest BCUT2D eigenvalue weighted by atomic mass is 9.64. The lowest BCUT2D eigenvalue weighted by molar-refractivity contribution is -0.246. The lowest BCUT2D eigenvalue weighted by Gasteiger charge is -2.50. The maximum Gasteiger partial charge on any atom is 0.264 e. The van der Waals surface area contributed by atoms with Gasteiger partial charge in [0.25, 0.3) is 5.91 Å². The average molecular weight is 761 g/mol. The second-order valence-electron chi connectivity index (χ2n) is 16.3. The van der Waals surface area contributed by atoms with E-state index < -0.39 is 21.2 Å². The van der Waals surface area contributed by atoms with Gasteiger partial charge in [0.05, 0.1) is 42.2 Å². The van der Waals surface area contributed by atoms with Gasteiger partial charge in [0.2, 0.25) is 10.0 Å². The number of alkyl halides is 1. The minimum absolute atomic E-state index is 0.131. The van der Waals surface area contributed by atoms with Gasteiger partial charge in [-0.3, -0.25) is 9.69 Å². The SMILES string of the molecule is C[C@@H]1[C@@H](C)CCC[C@H]([C@H]2OC[C@@H](N3CC(Cl)C3)CO2)[C@@H]2CC[C@H]2CN2C[C@@]3(CCCc4cc(Cl)ccc43)COc3ccc(cc32)C(=O)NS1(=O)=O. The van der Waals surface area contributed by atoms with E-state index in [-0.39, 0.29) is 35.0 Å². The number of aryl methyl sites for hydroxylation is 1. The molecule has 2 aromatic rings. The van der Waals surface area contributed by atoms with Gasteiger partial charge in [-0.15, -0.1) is 11.6 Å². The number of halogens is 2. The molecular weight excluding hydrogens is 709 g/mol. The summed E-state index contributed by atoms with van der Waals surface area (Å²) in [6.07, 6.45) is 7.43. The van der Waals surface area contributed by atoms with Crippen LogP contribution < -0.4 is 14.4 Å². The summed E-state index contributed by atoms with van der Waals surface area (Å²) >= 11 is 12.8. The van der Waals surface area contributed by atoms with E-state index in [0.717, 1.165) is 94.0 Å². The molecule has 4 heterocycles. The smallest absolute Gasteiger partial charge is 0.264 e. The predicted octanol–water partition coefficient (Wildman–Crippen LogP) is 6.39. The second-order valence-corrected chi connectivity index (χ2v) is 19.4. The molecule has 1 N–H and O–H groups in total. The van der Waals surface area contributed by atoms with Gasteiger partial charge >= 0.3 is 0 Å². The molecule has 2 saturated heterocycles. The van der Waals surface area contributed by atoms with Crippen molar-refractivity contribution >= 4 is 44.8 Å². The quantitative estimate of drug-likeness (QED) is 0.352. The third kappa shape index (κ3) is 7.03. The third-order valence-electron chi connectivity index (χ3n) is 13.1. The molecule has 278 valence electrons. The van der Waals surface area contributed by atoms with E-state index in [1.807, 2.05) is 25.1 Å². The normalized spacial score (nSPS) is 36.0. The summed E-state index contributed by atoms with van der Waals surface area (Å²) in [4.78, 5) is 18.4. The fourth-order valence-corrected chi connectivity index (χ4v) is 11.6. The molecule has 0 unspecified atom stereocenters. The van der Waals surface area contributed by atoms with Crippen LogP contribution in [-0.4, -0.2) is 88.2 Å². The topological polar surface area (TPSA) is 97.4 Å². The lowest BCUT2D eigenvalue weighted by Crippen LogP contribution is -2.59. The van der Waals surface area contributed by atoms with Crippen LogP contribution in [0.25, 0.3) is 0 Å². The van der Waals surface area contributed by atoms with Crippen LogP contribution in [0, 0.1) is 23.7 Å². The van der Waals surface area contributed by atoms with Crippen LogP contribution in [0.3, 0.4) is 0 Å². The summed E-state index contributed by atoms with van der Waals surface area (Å²) in [7, 11) is -3.91. The van der Waals surface area contributed by atoms with Crippen molar-refractivity contribution in [3.8, 4) is 5.75 Å². The molecule has 4 aliphatic heterocycles. The Balaban J connectivity index is 1.13. The average Bonchev–Trinajstić information content (AvgIpc) is 3.24. The zero-order chi connectivity index (χ0) is 35.5. The molecule has 3 fully saturated rings. The van der Waals surface area contributed by atoms with Crippen molar-refractivity contribution < 1.29 is 27.4 Å². The summed E-state index contributed by atoms with van der Waals surface area (Å²) in [6, 6.07) is 11.9. The number of ether oxygens (including phenoxy) is 3. The van der Waals surface area contributed by atoms with Gasteiger partial charge in [0.15, 0.2) is 6.29 Å². The van der Waals surface area contributed by atoms with E-state index in [2.05, 4.69) is 26.7 Å². The molecule has 2 aliphatic carbocycles. The third-order valence-corrected chi connectivity index (χ3v) is 15.6. The van der Waals surface area contributed by atoms with E-state index >= 15 is 0 Å². The Labute approximate surface area is 312 Å². The number of anilines is 1. The van der Waals surface area contributed by atoms with Crippen LogP contribution in [0.15, 0.2) is 36.4 Å². The van der Waals surface area contributed by atoms with Gasteiger partial charge in [0.1, 0.15) is 5.75 Å². The van der Waals surface area contributed by atoms with E-state index in [0.29, 0.717) is 37.2 Å². The molecule has 0 radical (unpaired) electrons. The number of carbonyl (C=O) groups is 1. The van der Waals surface area contributed by atoms with Crippen molar-refractivity contribution in [3.05, 3.63) is 58.1 Å². The molecule has 2 aromatic carbocycles. The number of amides is 1. The summed E-state index contributed by atoms with van der Waals surface area (Å²) < 4.78 is 49.3. The molecule has 6 atom stereocenters. The fraction of sp³-hybridized carbons (Fsp3) is 0.667. The van der Waals surface area contributed by atoms with Crippen LogP contribution in [0.2, 0.25) is 5.02 Å². The van der Waals surface area contributed by atoms with E-state index in [1.54, 1.807) is 13.0 Å². The molecule has 6 aliphatic rings. The van der Waals surface area contributed by atoms with Crippen molar-refractivity contribution in [2.45, 2.75) is 93.6 Å². The summed E-state index contributed by atoms with van der Waals surface area (Å²) in [5, 5.41) is 0.227. The molecule has 12 heteroatoms. The van der Waals surface area contributed by atoms with Gasteiger partial charge in [-0.2, -0.15) is 0 Å². The molecule has 9 nitrogen and oxygen atoms in total. The number of rotatable bonds is 2. The van der Waals surface area contributed by atoms with E-state index in [9.17, 15) is 13.2 Å². The predicted molar refractivity (Wildman–Crippen MR) is 199 cm³/mol. The van der Waals surface area contributed by atoms with Crippen molar-refractivity contribution in [1.29, 1.82) is 0 Å². The Morgan fingerprint density at radius 1 is 0.941 bits per heavy atom. The minimum atomic E-state index is -3.91. The molecule has 1 saturated carbocycles. The molecule has 2 bridgehead atoms. The van der Waals surface area contributed by atoms with Gasteiger partial charge in [-0.05, 0) is 111 Å². The van der Waals surface area contributed by atoms with Gasteiger partial charge in [-0.25, -0.2) is 13.1 Å². The fourth-order valence-electron chi connectivity index (χ4n) is 9.69. The van der Waals surface area contributed by atoms with Gasteiger partial charge < -0.3 is 19.1 Å². The van der Waals surface area contributed by atoms with Crippen LogP contribution >= 0.6 is 23.2 Å². The van der Waals surface area contributed by atoms with Crippen LogP contribution in [0.4, 0.5) is 5.69 Å². The molecule has 1 amide bonds. The van der Waals surface area contributed by atoms with Crippen LogP contribution in [-0.2, 0) is 31.3 Å². The molecule has 1 spiro atoms. The number of hydrogen-bond acceptors (Lipinski definition) is 8. The summed E-state index contributed by atoms with van der Waals surface area (Å²) in [5.41, 5.74) is 3.47. The van der Waals surface area contributed by atoms with Gasteiger partial charge in [-0.1, -0.05) is 31.0 Å². The number of carbonyl (C=O) groups excluding carboxylic acids is 1. The highest BCUT2D eigenvalue weighted by atomic mass is 35.5. The van der Waals surface area contributed by atoms with Crippen LogP contribution in [0.5, 0.6) is 5.75 Å². The maximum atomic E-state index is 13.6. The highest BCUT2D eigenvalue weighted by molar-refractivity contribution is 7.90. The second kappa shape index (κ2) is 14.3. The Bertz CT molecular complexity index is 1730. The Kier molecular flexibility index (Phi) is 10.1. The van der Waals surface area contributed by atoms with Crippen molar-refractivity contribution in [2.75, 3.05) is 50.9 Å². The van der Waals surface area contributed by atoms with Gasteiger partial charge in [0, 0.05) is 48.1 Å². The van der Waals surface area contributed by atoms with E-state index in [1.165, 1.54) is 11.1 Å². The number of nitrogens with one attached hydrogen (secondary N) is 1. The molecule has 51 heavy (non-hydrogen) atoms. The number of sulfonamides is 1. The molecule has 0 aromatic heterocycles. The first-order chi connectivity index (χ1) is 24.5. The zero-order valence-electron chi connectivity index (χ0n) is 29.7. The molecule has 8 rings (SSSR count). The highest BCUT2D eigenvalue weighted by Gasteiger charge is 2.47. The monoisotopic (exact) mass is 759 g/mol. The van der Waals surface area contributed by atoms with Crippen molar-refractivity contribution in [1.82, 2.24) is 9.62 Å². The Hall–Kier alpha value is -2.08. The minimum Gasteiger partial charge on any atom is -0.490 e. The van der Waals surface area contributed by atoms with Crippen molar-refractivity contribution in [2.24, 2.45) is 23.7 Å². The first-order valence-electron chi connectivity index (χ1n) is 19.0. The number of fused-ring (bicyclic) bond motifs is 4. The number of benzene rings is 2. The number of likely N-dealkylation sites (tertiary alicyclic amines) is 1. The summed E-state index contributed by atoms with van der Waals surface area (Å²) in [6.45, 7) is 8.76. The first-order valence-corrected chi connectivity index (χ1v) is 21.3. The van der Waals surface area contributed by atoms with E-state index in [4.69, 9.17) is 37.4 Å². The van der Waals surface area contributed by atoms with Crippen molar-refractivity contribution in [3.63, 3.8) is 0 Å². The summed E-state index contributed by atoms with van der Waals surface area (Å²) in [5.74, 6) is 0.998. The maximum absolute atomic E-state index is 13.6. The standard InChI is InChI=1S/C39H51Cl2N3O6S/c1-24-5-3-7-33(38-48-20-31(21-49-38)43-18-30(41)19-43)32-11-8-28(32)17-44-22-39(14-4-6-26-15-29(40)10-12-34(26)39)23-50-36-13-9-27(16-35(36)44)37(45)42-51(46,47)25(24)2/h9-10,12-13,15-16,24-25,28,30-33,38H,3-8,11,14,17-23H2,1-2H3,(H,42,45)/t24-,25+,28-,31-,32+,33-,38+,39-/m0/s1. The van der Waals surface area contributed by atoms with Crippen LogP contribution in [0.1, 0.15) is 80.3 Å². The zero-order valence-corrected chi connectivity index (χ0v) is 32.0.